The van der Waals surface area contributed by atoms with E-state index in [0.29, 0.717) is 0 Å². The van der Waals surface area contributed by atoms with E-state index in [2.05, 4.69) is 210 Å². The van der Waals surface area contributed by atoms with E-state index in [-0.39, 0.29) is 0 Å². The second-order valence-electron chi connectivity index (χ2n) is 15.6. The lowest BCUT2D eigenvalue weighted by molar-refractivity contribution is 1.13. The first-order valence-electron chi connectivity index (χ1n) is 20.1. The third-order valence-electron chi connectivity index (χ3n) is 12.1. The van der Waals surface area contributed by atoms with Crippen LogP contribution < -0.4 is 10.6 Å². The molecule has 1 aliphatic rings. The smallest absolute Gasteiger partial charge is 0.0788 e. The lowest BCUT2D eigenvalue weighted by atomic mass is 9.94. The standard InChI is InChI=1S/C55H37N3/c1-35-26-27-36-28-29-47-54(48(36)30-35)46-20-3-2-4-21-49(46)56-55(47)38-15-13-14-37(31-38)39-32-40(57-50-22-9-5-16-42(50)43-17-6-10-23-51(43)57)34-41(33-39)58-52-24-11-7-18-44(52)45-19-8-12-25-53(45)58/h2,4-34H,3H2,1H3. The normalized spacial score (nSPS) is 12.7. The van der Waals surface area contributed by atoms with Crippen LogP contribution in [0.3, 0.4) is 0 Å². The van der Waals surface area contributed by atoms with Gasteiger partial charge in [0.05, 0.1) is 33.1 Å². The minimum Gasteiger partial charge on any atom is -0.309 e. The maximum absolute atomic E-state index is 5.44. The summed E-state index contributed by atoms with van der Waals surface area (Å²) in [6, 6.07) is 62.5. The van der Waals surface area contributed by atoms with Gasteiger partial charge in [-0.1, -0.05) is 145 Å². The summed E-state index contributed by atoms with van der Waals surface area (Å²) in [5, 5.41) is 12.2. The average molecular weight is 740 g/mol. The van der Waals surface area contributed by atoms with Crippen molar-refractivity contribution in [1.29, 1.82) is 0 Å². The van der Waals surface area contributed by atoms with Gasteiger partial charge in [0.1, 0.15) is 0 Å². The minimum atomic E-state index is 0.883. The summed E-state index contributed by atoms with van der Waals surface area (Å²) in [6.45, 7) is 2.18. The fourth-order valence-electron chi connectivity index (χ4n) is 9.53. The molecule has 0 saturated heterocycles. The highest BCUT2D eigenvalue weighted by Crippen LogP contribution is 2.39. The van der Waals surface area contributed by atoms with Crippen LogP contribution in [-0.4, -0.2) is 14.1 Å². The molecule has 58 heavy (non-hydrogen) atoms. The molecule has 3 nitrogen and oxygen atoms in total. The highest BCUT2D eigenvalue weighted by Gasteiger charge is 2.18. The number of aryl methyl sites for hydroxylation is 1. The van der Waals surface area contributed by atoms with E-state index < -0.39 is 0 Å². The van der Waals surface area contributed by atoms with Gasteiger partial charge in [-0.2, -0.15) is 0 Å². The minimum absolute atomic E-state index is 0.883. The Bertz CT molecular complexity index is 3430. The van der Waals surface area contributed by atoms with Crippen LogP contribution in [0.5, 0.6) is 0 Å². The maximum Gasteiger partial charge on any atom is 0.0788 e. The first-order valence-corrected chi connectivity index (χ1v) is 20.1. The molecule has 3 heterocycles. The quantitative estimate of drug-likeness (QED) is 0.165. The number of hydrogen-bond donors (Lipinski definition) is 0. The Morgan fingerprint density at radius 1 is 0.466 bits per heavy atom. The predicted molar refractivity (Wildman–Crippen MR) is 245 cm³/mol. The molecule has 3 heteroatoms. The topological polar surface area (TPSA) is 22.8 Å². The molecule has 12 rings (SSSR count). The molecular weight excluding hydrogens is 703 g/mol. The molecule has 0 bridgehead atoms. The molecule has 0 atom stereocenters. The van der Waals surface area contributed by atoms with Gasteiger partial charge in [-0.05, 0) is 89.9 Å². The molecule has 1 aliphatic carbocycles. The van der Waals surface area contributed by atoms with Crippen LogP contribution >= 0.6 is 0 Å². The van der Waals surface area contributed by atoms with Crippen LogP contribution in [-0.2, 0) is 0 Å². The second-order valence-corrected chi connectivity index (χ2v) is 15.6. The van der Waals surface area contributed by atoms with Crippen LogP contribution in [0.2, 0.25) is 0 Å². The van der Waals surface area contributed by atoms with Crippen molar-refractivity contribution < 1.29 is 0 Å². The van der Waals surface area contributed by atoms with Gasteiger partial charge in [0.2, 0.25) is 0 Å². The lowest BCUT2D eigenvalue weighted by Gasteiger charge is -2.16. The zero-order chi connectivity index (χ0) is 38.3. The summed E-state index contributed by atoms with van der Waals surface area (Å²) in [5.74, 6) is 0. The number of hydrogen-bond acceptors (Lipinski definition) is 1. The van der Waals surface area contributed by atoms with E-state index in [1.807, 2.05) is 0 Å². The third-order valence-corrected chi connectivity index (χ3v) is 12.1. The number of benzene rings is 8. The van der Waals surface area contributed by atoms with Crippen molar-refractivity contribution in [2.45, 2.75) is 13.3 Å². The summed E-state index contributed by atoms with van der Waals surface area (Å²) < 4.78 is 4.87. The first kappa shape index (κ1) is 32.7. The third kappa shape index (κ3) is 4.96. The Kier molecular flexibility index (Phi) is 7.21. The Balaban J connectivity index is 1.14. The predicted octanol–water partition coefficient (Wildman–Crippen LogP) is 12.7. The average Bonchev–Trinajstić information content (AvgIpc) is 3.68. The number of pyridine rings is 1. The summed E-state index contributed by atoms with van der Waals surface area (Å²) in [6.07, 6.45) is 9.75. The fraction of sp³-hybridized carbons (Fsp3) is 0.0364. The molecule has 8 aromatic carbocycles. The van der Waals surface area contributed by atoms with Crippen LogP contribution in [0.15, 0.2) is 182 Å². The number of nitrogens with zero attached hydrogens (tertiary/aromatic N) is 3. The largest absolute Gasteiger partial charge is 0.309 e. The Hall–Kier alpha value is -7.49. The van der Waals surface area contributed by atoms with Crippen LogP contribution in [0, 0.1) is 6.92 Å². The van der Waals surface area contributed by atoms with Gasteiger partial charge >= 0.3 is 0 Å². The molecule has 11 aromatic rings. The molecule has 0 spiro atoms. The van der Waals surface area contributed by atoms with Crippen molar-refractivity contribution in [3.05, 3.63) is 198 Å². The van der Waals surface area contributed by atoms with Crippen molar-refractivity contribution in [3.63, 3.8) is 0 Å². The SMILES string of the molecule is Cc1ccc2ccc3c(-c4cccc(-c5cc(-n6c7ccccc7c7ccccc76)cc(-n6c7ccccc7c7ccccc76)c5)c4)nc4c(c3c2c1)=CCC=CC=4. The molecule has 3 aromatic heterocycles. The van der Waals surface area contributed by atoms with E-state index in [0.717, 1.165) is 45.5 Å². The maximum atomic E-state index is 5.44. The Morgan fingerprint density at radius 3 is 1.66 bits per heavy atom. The van der Waals surface area contributed by atoms with Crippen molar-refractivity contribution in [1.82, 2.24) is 14.1 Å². The van der Waals surface area contributed by atoms with Crippen LogP contribution in [0.4, 0.5) is 0 Å². The molecular formula is C55H37N3. The number of para-hydroxylation sites is 4. The monoisotopic (exact) mass is 739 g/mol. The van der Waals surface area contributed by atoms with Crippen LogP contribution in [0.25, 0.3) is 111 Å². The highest BCUT2D eigenvalue weighted by molar-refractivity contribution is 6.13. The second kappa shape index (κ2) is 12.8. The Morgan fingerprint density at radius 2 is 1.03 bits per heavy atom. The van der Waals surface area contributed by atoms with Gasteiger partial charge in [-0.25, -0.2) is 4.98 Å². The number of aromatic nitrogens is 3. The van der Waals surface area contributed by atoms with E-state index in [4.69, 9.17) is 4.98 Å². The van der Waals surface area contributed by atoms with Gasteiger partial charge in [-0.15, -0.1) is 0 Å². The molecule has 0 fully saturated rings. The van der Waals surface area contributed by atoms with Gasteiger partial charge in [-0.3, -0.25) is 0 Å². The highest BCUT2D eigenvalue weighted by atomic mass is 15.0. The Labute approximate surface area is 335 Å². The molecule has 0 amide bonds. The summed E-state index contributed by atoms with van der Waals surface area (Å²) in [7, 11) is 0. The van der Waals surface area contributed by atoms with Crippen molar-refractivity contribution >= 4 is 77.3 Å². The zero-order valence-corrected chi connectivity index (χ0v) is 32.0. The molecule has 0 unspecified atom stereocenters. The van der Waals surface area contributed by atoms with Gasteiger partial charge in [0, 0.05) is 54.5 Å². The first-order chi connectivity index (χ1) is 28.7. The van der Waals surface area contributed by atoms with E-state index in [9.17, 15) is 0 Å². The number of rotatable bonds is 4. The summed E-state index contributed by atoms with van der Waals surface area (Å²) in [5.41, 5.74) is 12.6. The lowest BCUT2D eigenvalue weighted by Crippen LogP contribution is -2.29. The van der Waals surface area contributed by atoms with Crippen molar-refractivity contribution in [2.75, 3.05) is 0 Å². The van der Waals surface area contributed by atoms with E-state index >= 15 is 0 Å². The fourth-order valence-corrected chi connectivity index (χ4v) is 9.53. The molecule has 0 radical (unpaired) electrons. The molecule has 272 valence electrons. The summed E-state index contributed by atoms with van der Waals surface area (Å²) in [4.78, 5) is 5.44. The summed E-state index contributed by atoms with van der Waals surface area (Å²) >= 11 is 0. The number of allylic oxidation sites excluding steroid dienone is 2. The number of fused-ring (bicyclic) bond motifs is 11. The molecule has 0 aliphatic heterocycles. The van der Waals surface area contributed by atoms with E-state index in [1.54, 1.807) is 0 Å². The molecule has 0 N–H and O–H groups in total. The van der Waals surface area contributed by atoms with Gasteiger partial charge in [0.15, 0.2) is 0 Å². The molecule has 0 saturated carbocycles. The zero-order valence-electron chi connectivity index (χ0n) is 32.0. The van der Waals surface area contributed by atoms with Gasteiger partial charge < -0.3 is 9.13 Å². The van der Waals surface area contributed by atoms with Gasteiger partial charge in [0.25, 0.3) is 0 Å². The van der Waals surface area contributed by atoms with Crippen LogP contribution in [0.1, 0.15) is 12.0 Å². The van der Waals surface area contributed by atoms with Crippen molar-refractivity contribution in [3.8, 4) is 33.8 Å². The van der Waals surface area contributed by atoms with Crippen molar-refractivity contribution in [2.24, 2.45) is 0 Å². The van der Waals surface area contributed by atoms with E-state index in [1.165, 1.54) is 75.9 Å².